The van der Waals surface area contributed by atoms with Gasteiger partial charge in [-0.25, -0.2) is 0 Å². The molecule has 0 saturated carbocycles. The van der Waals surface area contributed by atoms with E-state index >= 15 is 0 Å². The zero-order valence-electron chi connectivity index (χ0n) is 15.2. The number of rotatable bonds is 7. The molecule has 1 aliphatic rings. The predicted molar refractivity (Wildman–Crippen MR) is 96.0 cm³/mol. The summed E-state index contributed by atoms with van der Waals surface area (Å²) in [7, 11) is 0. The van der Waals surface area contributed by atoms with Gasteiger partial charge in [0.2, 0.25) is 0 Å². The topological polar surface area (TPSA) is 119 Å². The summed E-state index contributed by atoms with van der Waals surface area (Å²) < 4.78 is 4.95. The number of nitrogens with zero attached hydrogens (tertiary/aromatic N) is 2. The molecule has 1 saturated heterocycles. The Morgan fingerprint density at radius 2 is 2.11 bits per heavy atom. The van der Waals surface area contributed by atoms with Crippen LogP contribution in [0.3, 0.4) is 0 Å². The van der Waals surface area contributed by atoms with Crippen LogP contribution in [0.1, 0.15) is 43.0 Å². The van der Waals surface area contributed by atoms with Gasteiger partial charge in [-0.05, 0) is 31.7 Å². The average molecular weight is 377 g/mol. The van der Waals surface area contributed by atoms with Crippen molar-refractivity contribution in [1.29, 1.82) is 0 Å². The van der Waals surface area contributed by atoms with E-state index in [4.69, 9.17) is 4.74 Å². The first kappa shape index (κ1) is 20.3. The second kappa shape index (κ2) is 9.65. The summed E-state index contributed by atoms with van der Waals surface area (Å²) >= 11 is 0. The Bertz CT molecular complexity index is 721. The van der Waals surface area contributed by atoms with Crippen LogP contribution in [0.15, 0.2) is 24.3 Å². The van der Waals surface area contributed by atoms with Crippen molar-refractivity contribution in [2.45, 2.75) is 38.6 Å². The third kappa shape index (κ3) is 5.77. The number of nitro benzene ring substituents is 1. The summed E-state index contributed by atoms with van der Waals surface area (Å²) in [5.74, 6) is -1.61. The average Bonchev–Trinajstić information content (AvgIpc) is 2.70. The third-order valence-corrected chi connectivity index (χ3v) is 4.49. The zero-order chi connectivity index (χ0) is 19.8. The van der Waals surface area contributed by atoms with E-state index in [1.807, 2.05) is 6.92 Å². The number of nitro groups is 1. The predicted octanol–water partition coefficient (Wildman–Crippen LogP) is 1.66. The number of piperidine rings is 1. The molecule has 1 fully saturated rings. The van der Waals surface area contributed by atoms with E-state index in [9.17, 15) is 24.5 Å². The second-order valence-corrected chi connectivity index (χ2v) is 6.30. The molecule has 0 aromatic heterocycles. The number of hydrogen-bond donors (Lipinski definition) is 1. The minimum Gasteiger partial charge on any atom is -0.454 e. The molecule has 0 bridgehead atoms. The summed E-state index contributed by atoms with van der Waals surface area (Å²) in [5, 5.41) is 13.1. The van der Waals surface area contributed by atoms with Crippen LogP contribution < -0.4 is 5.32 Å². The summed E-state index contributed by atoms with van der Waals surface area (Å²) in [4.78, 5) is 47.8. The van der Waals surface area contributed by atoms with Crippen LogP contribution in [0.25, 0.3) is 0 Å². The number of esters is 1. The summed E-state index contributed by atoms with van der Waals surface area (Å²) in [6.07, 6.45) is 3.84. The van der Waals surface area contributed by atoms with Crippen LogP contribution in [0.5, 0.6) is 0 Å². The van der Waals surface area contributed by atoms with Crippen molar-refractivity contribution in [2.24, 2.45) is 0 Å². The molecule has 0 radical (unpaired) electrons. The highest BCUT2D eigenvalue weighted by Crippen LogP contribution is 2.19. The van der Waals surface area contributed by atoms with Crippen LogP contribution in [-0.4, -0.2) is 53.3 Å². The van der Waals surface area contributed by atoms with Crippen molar-refractivity contribution < 1.29 is 24.0 Å². The SMILES string of the molecule is CC[C@@H]1CCCCN1C(=O)COC(=O)CNC(=O)c1cccc([N+](=O)[O-])c1. The quantitative estimate of drug-likeness (QED) is 0.438. The summed E-state index contributed by atoms with van der Waals surface area (Å²) in [5.41, 5.74) is -0.157. The standard InChI is InChI=1S/C18H23N3O6/c1-2-14-7-3-4-9-20(14)16(22)12-27-17(23)11-19-18(24)13-6-5-8-15(10-13)21(25)26/h5-6,8,10,14H,2-4,7,9,11-12H2,1H3,(H,19,24)/t14-/m1/s1. The molecule has 9 nitrogen and oxygen atoms in total. The molecule has 1 aromatic carbocycles. The van der Waals surface area contributed by atoms with E-state index in [1.165, 1.54) is 18.2 Å². The van der Waals surface area contributed by atoms with E-state index in [0.717, 1.165) is 31.7 Å². The van der Waals surface area contributed by atoms with Crippen LogP contribution in [0.4, 0.5) is 5.69 Å². The van der Waals surface area contributed by atoms with Gasteiger partial charge >= 0.3 is 5.97 Å². The van der Waals surface area contributed by atoms with Gasteiger partial charge in [-0.15, -0.1) is 0 Å². The number of likely N-dealkylation sites (tertiary alicyclic amines) is 1. The normalized spacial score (nSPS) is 16.5. The van der Waals surface area contributed by atoms with Crippen molar-refractivity contribution in [3.05, 3.63) is 39.9 Å². The van der Waals surface area contributed by atoms with Gasteiger partial charge in [0.05, 0.1) is 4.92 Å². The maximum atomic E-state index is 12.2. The van der Waals surface area contributed by atoms with Gasteiger partial charge in [-0.3, -0.25) is 24.5 Å². The Morgan fingerprint density at radius 1 is 1.33 bits per heavy atom. The number of ether oxygens (including phenoxy) is 1. The molecule has 0 spiro atoms. The van der Waals surface area contributed by atoms with Gasteiger partial charge in [0.25, 0.3) is 17.5 Å². The van der Waals surface area contributed by atoms with Gasteiger partial charge in [0, 0.05) is 30.3 Å². The van der Waals surface area contributed by atoms with Gasteiger partial charge in [-0.2, -0.15) is 0 Å². The first-order valence-electron chi connectivity index (χ1n) is 8.90. The van der Waals surface area contributed by atoms with Crippen molar-refractivity contribution in [3.63, 3.8) is 0 Å². The molecule has 1 aromatic rings. The highest BCUT2D eigenvalue weighted by atomic mass is 16.6. The smallest absolute Gasteiger partial charge is 0.325 e. The molecular formula is C18H23N3O6. The van der Waals surface area contributed by atoms with E-state index < -0.39 is 23.3 Å². The third-order valence-electron chi connectivity index (χ3n) is 4.49. The van der Waals surface area contributed by atoms with Crippen molar-refractivity contribution in [1.82, 2.24) is 10.2 Å². The molecule has 1 heterocycles. The van der Waals surface area contributed by atoms with Crippen LogP contribution in [0, 0.1) is 10.1 Å². The van der Waals surface area contributed by atoms with E-state index in [1.54, 1.807) is 4.90 Å². The number of carbonyl (C=O) groups excluding carboxylic acids is 3. The lowest BCUT2D eigenvalue weighted by molar-refractivity contribution is -0.384. The summed E-state index contributed by atoms with van der Waals surface area (Å²) in [6.45, 7) is 1.90. The summed E-state index contributed by atoms with van der Waals surface area (Å²) in [6, 6.07) is 5.34. The number of non-ortho nitro benzene ring substituents is 1. The fourth-order valence-corrected chi connectivity index (χ4v) is 3.04. The number of benzene rings is 1. The van der Waals surface area contributed by atoms with Gasteiger partial charge in [0.15, 0.2) is 6.61 Å². The molecule has 146 valence electrons. The zero-order valence-corrected chi connectivity index (χ0v) is 15.2. The van der Waals surface area contributed by atoms with Gasteiger partial charge in [0.1, 0.15) is 6.54 Å². The Hall–Kier alpha value is -2.97. The molecule has 9 heteroatoms. The van der Waals surface area contributed by atoms with Gasteiger partial charge < -0.3 is 15.0 Å². The maximum absolute atomic E-state index is 12.2. The minimum absolute atomic E-state index is 0.0622. The maximum Gasteiger partial charge on any atom is 0.325 e. The molecular weight excluding hydrogens is 354 g/mol. The molecule has 2 rings (SSSR count). The highest BCUT2D eigenvalue weighted by Gasteiger charge is 2.25. The molecule has 2 amide bonds. The Kier molecular flexibility index (Phi) is 7.27. The second-order valence-electron chi connectivity index (χ2n) is 6.30. The van der Waals surface area contributed by atoms with E-state index in [0.29, 0.717) is 6.54 Å². The fraction of sp³-hybridized carbons (Fsp3) is 0.500. The van der Waals surface area contributed by atoms with Crippen molar-refractivity contribution in [2.75, 3.05) is 19.7 Å². The fourth-order valence-electron chi connectivity index (χ4n) is 3.04. The number of hydrogen-bond acceptors (Lipinski definition) is 6. The Labute approximate surface area is 156 Å². The van der Waals surface area contributed by atoms with Crippen molar-refractivity contribution >= 4 is 23.5 Å². The Morgan fingerprint density at radius 3 is 2.81 bits per heavy atom. The monoisotopic (exact) mass is 377 g/mol. The molecule has 27 heavy (non-hydrogen) atoms. The largest absolute Gasteiger partial charge is 0.454 e. The van der Waals surface area contributed by atoms with Crippen LogP contribution in [0.2, 0.25) is 0 Å². The first-order valence-corrected chi connectivity index (χ1v) is 8.90. The molecule has 0 aliphatic carbocycles. The molecule has 1 atom stereocenters. The van der Waals surface area contributed by atoms with Crippen LogP contribution >= 0.6 is 0 Å². The number of nitrogens with one attached hydrogen (secondary N) is 1. The molecule has 0 unspecified atom stereocenters. The van der Waals surface area contributed by atoms with E-state index in [2.05, 4.69) is 5.32 Å². The lowest BCUT2D eigenvalue weighted by Gasteiger charge is -2.35. The molecule has 1 aliphatic heterocycles. The number of carbonyl (C=O) groups is 3. The highest BCUT2D eigenvalue weighted by molar-refractivity contribution is 5.96. The minimum atomic E-state index is -0.743. The van der Waals surface area contributed by atoms with Crippen molar-refractivity contribution in [3.8, 4) is 0 Å². The first-order chi connectivity index (χ1) is 12.9. The number of amides is 2. The van der Waals surface area contributed by atoms with Gasteiger partial charge in [-0.1, -0.05) is 13.0 Å². The van der Waals surface area contributed by atoms with E-state index in [-0.39, 0.29) is 29.8 Å². The Balaban J connectivity index is 1.78. The van der Waals surface area contributed by atoms with Crippen LogP contribution in [-0.2, 0) is 14.3 Å². The lowest BCUT2D eigenvalue weighted by atomic mass is 10.00. The molecule has 1 N–H and O–H groups in total. The lowest BCUT2D eigenvalue weighted by Crippen LogP contribution is -2.45.